The fourth-order valence-electron chi connectivity index (χ4n) is 2.30. The lowest BCUT2D eigenvalue weighted by Crippen LogP contribution is -2.48. The Morgan fingerprint density at radius 2 is 2.00 bits per heavy atom. The highest BCUT2D eigenvalue weighted by Gasteiger charge is 2.27. The van der Waals surface area contributed by atoms with Crippen molar-refractivity contribution in [2.45, 2.75) is 18.9 Å². The number of rotatable bonds is 3. The van der Waals surface area contributed by atoms with Crippen LogP contribution in [0.1, 0.15) is 12.8 Å². The number of carboxylic acids is 1. The Morgan fingerprint density at radius 1 is 1.26 bits per heavy atom. The van der Waals surface area contributed by atoms with Crippen LogP contribution in [-0.2, 0) is 14.3 Å². The number of nitrogens with zero attached hydrogens (tertiary/aromatic N) is 1. The Morgan fingerprint density at radius 3 is 2.58 bits per heavy atom. The summed E-state index contributed by atoms with van der Waals surface area (Å²) in [6.07, 6.45) is 0.951. The maximum atomic E-state index is 11.9. The van der Waals surface area contributed by atoms with Gasteiger partial charge in [0, 0.05) is 19.6 Å². The number of nitrogens with one attached hydrogen (secondary N) is 1. The standard InChI is InChI=1S/C12H20N2O5/c15-11(16)9-1-3-14(4-2-9)12(17)13-7-10-8-18-5-6-19-10/h9-10H,1-8H2,(H,13,17)(H,15,16). The first-order valence-electron chi connectivity index (χ1n) is 6.61. The molecule has 0 aliphatic carbocycles. The second-order valence-electron chi connectivity index (χ2n) is 4.85. The summed E-state index contributed by atoms with van der Waals surface area (Å²) in [5, 5.41) is 11.7. The van der Waals surface area contributed by atoms with Crippen molar-refractivity contribution in [3.63, 3.8) is 0 Å². The largest absolute Gasteiger partial charge is 0.481 e. The van der Waals surface area contributed by atoms with Gasteiger partial charge < -0.3 is 24.8 Å². The van der Waals surface area contributed by atoms with Crippen molar-refractivity contribution in [1.82, 2.24) is 10.2 Å². The normalized spacial score (nSPS) is 25.1. The van der Waals surface area contributed by atoms with Crippen molar-refractivity contribution in [1.29, 1.82) is 0 Å². The summed E-state index contributed by atoms with van der Waals surface area (Å²) in [4.78, 5) is 24.4. The van der Waals surface area contributed by atoms with Crippen LogP contribution >= 0.6 is 0 Å². The first kappa shape index (κ1) is 14.1. The van der Waals surface area contributed by atoms with Gasteiger partial charge in [0.25, 0.3) is 0 Å². The van der Waals surface area contributed by atoms with E-state index in [4.69, 9.17) is 14.6 Å². The molecule has 2 heterocycles. The molecule has 2 saturated heterocycles. The van der Waals surface area contributed by atoms with Crippen LogP contribution in [0.25, 0.3) is 0 Å². The van der Waals surface area contributed by atoms with Gasteiger partial charge in [-0.15, -0.1) is 0 Å². The van der Waals surface area contributed by atoms with Crippen LogP contribution in [-0.4, -0.2) is 67.6 Å². The van der Waals surface area contributed by atoms with Gasteiger partial charge in [-0.1, -0.05) is 0 Å². The highest BCUT2D eigenvalue weighted by Crippen LogP contribution is 2.17. The van der Waals surface area contributed by atoms with Gasteiger partial charge in [0.1, 0.15) is 0 Å². The topological polar surface area (TPSA) is 88.1 Å². The van der Waals surface area contributed by atoms with Crippen molar-refractivity contribution in [3.05, 3.63) is 0 Å². The molecule has 2 rings (SSSR count). The predicted molar refractivity (Wildman–Crippen MR) is 65.9 cm³/mol. The highest BCUT2D eigenvalue weighted by molar-refractivity contribution is 5.75. The first-order chi connectivity index (χ1) is 9.16. The average Bonchev–Trinajstić information content (AvgIpc) is 2.46. The molecule has 0 aromatic carbocycles. The Labute approximate surface area is 111 Å². The molecule has 1 atom stereocenters. The van der Waals surface area contributed by atoms with E-state index >= 15 is 0 Å². The van der Waals surface area contributed by atoms with E-state index in [0.717, 1.165) is 0 Å². The summed E-state index contributed by atoms with van der Waals surface area (Å²) >= 11 is 0. The highest BCUT2D eigenvalue weighted by atomic mass is 16.6. The fraction of sp³-hybridized carbons (Fsp3) is 0.833. The number of urea groups is 1. The van der Waals surface area contributed by atoms with Gasteiger partial charge in [-0.3, -0.25) is 4.79 Å². The van der Waals surface area contributed by atoms with Crippen LogP contribution in [0.4, 0.5) is 4.79 Å². The maximum Gasteiger partial charge on any atom is 0.317 e. The molecule has 0 aromatic heterocycles. The van der Waals surface area contributed by atoms with E-state index in [1.54, 1.807) is 4.90 Å². The third kappa shape index (κ3) is 4.07. The number of aliphatic carboxylic acids is 1. The van der Waals surface area contributed by atoms with Crippen molar-refractivity contribution < 1.29 is 24.2 Å². The van der Waals surface area contributed by atoms with Gasteiger partial charge in [-0.2, -0.15) is 0 Å². The molecule has 0 aromatic rings. The lowest BCUT2D eigenvalue weighted by molar-refractivity contribution is -0.143. The maximum absolute atomic E-state index is 11.9. The zero-order chi connectivity index (χ0) is 13.7. The van der Waals surface area contributed by atoms with Crippen molar-refractivity contribution in [2.75, 3.05) is 39.5 Å². The summed E-state index contributed by atoms with van der Waals surface area (Å²) in [6.45, 7) is 3.08. The fourth-order valence-corrected chi connectivity index (χ4v) is 2.30. The number of piperidine rings is 1. The van der Waals surface area contributed by atoms with Gasteiger partial charge in [-0.25, -0.2) is 4.79 Å². The van der Waals surface area contributed by atoms with Gasteiger partial charge in [0.15, 0.2) is 0 Å². The monoisotopic (exact) mass is 272 g/mol. The first-order valence-corrected chi connectivity index (χ1v) is 6.61. The minimum atomic E-state index is -0.771. The van der Waals surface area contributed by atoms with Crippen LogP contribution in [0, 0.1) is 5.92 Å². The summed E-state index contributed by atoms with van der Waals surface area (Å²) in [6, 6.07) is -0.155. The van der Waals surface area contributed by atoms with Gasteiger partial charge >= 0.3 is 12.0 Å². The van der Waals surface area contributed by atoms with E-state index in [1.807, 2.05) is 0 Å². The molecular formula is C12H20N2O5. The molecule has 0 saturated carbocycles. The average molecular weight is 272 g/mol. The van der Waals surface area contributed by atoms with Gasteiger partial charge in [0.2, 0.25) is 0 Å². The number of hydrogen-bond donors (Lipinski definition) is 2. The molecule has 0 bridgehead atoms. The van der Waals surface area contributed by atoms with E-state index < -0.39 is 5.97 Å². The number of ether oxygens (including phenoxy) is 2. The minimum Gasteiger partial charge on any atom is -0.481 e. The van der Waals surface area contributed by atoms with Crippen LogP contribution in [0.2, 0.25) is 0 Å². The zero-order valence-electron chi connectivity index (χ0n) is 10.8. The molecule has 2 aliphatic rings. The molecule has 2 amide bonds. The van der Waals surface area contributed by atoms with E-state index in [9.17, 15) is 9.59 Å². The summed E-state index contributed by atoms with van der Waals surface area (Å²) in [5.41, 5.74) is 0. The van der Waals surface area contributed by atoms with Crippen LogP contribution < -0.4 is 5.32 Å². The molecule has 2 fully saturated rings. The minimum absolute atomic E-state index is 0.0886. The quantitative estimate of drug-likeness (QED) is 0.749. The summed E-state index contributed by atoms with van der Waals surface area (Å²) < 4.78 is 10.7. The number of carbonyl (C=O) groups is 2. The van der Waals surface area contributed by atoms with Crippen molar-refractivity contribution in [3.8, 4) is 0 Å². The van der Waals surface area contributed by atoms with Gasteiger partial charge in [-0.05, 0) is 12.8 Å². The Bertz CT molecular complexity index is 322. The Kier molecular flexibility index (Phi) is 4.98. The smallest absolute Gasteiger partial charge is 0.317 e. The number of carboxylic acid groups (broad SMARTS) is 1. The number of carbonyl (C=O) groups excluding carboxylic acids is 1. The number of likely N-dealkylation sites (tertiary alicyclic amines) is 1. The molecule has 2 aliphatic heterocycles. The Hall–Kier alpha value is -1.34. The molecule has 7 nitrogen and oxygen atoms in total. The number of hydrogen-bond acceptors (Lipinski definition) is 4. The van der Waals surface area contributed by atoms with Crippen molar-refractivity contribution >= 4 is 12.0 Å². The molecule has 1 unspecified atom stereocenters. The van der Waals surface area contributed by atoms with Crippen LogP contribution in [0.15, 0.2) is 0 Å². The lowest BCUT2D eigenvalue weighted by Gasteiger charge is -2.31. The third-order valence-electron chi connectivity index (χ3n) is 3.50. The van der Waals surface area contributed by atoms with E-state index in [0.29, 0.717) is 52.3 Å². The molecule has 19 heavy (non-hydrogen) atoms. The predicted octanol–water partition coefficient (Wildman–Crippen LogP) is -0.0920. The van der Waals surface area contributed by atoms with E-state index in [-0.39, 0.29) is 18.1 Å². The number of amides is 2. The van der Waals surface area contributed by atoms with Crippen molar-refractivity contribution in [2.24, 2.45) is 5.92 Å². The molecule has 108 valence electrons. The van der Waals surface area contributed by atoms with E-state index in [1.165, 1.54) is 0 Å². The Balaban J connectivity index is 1.67. The van der Waals surface area contributed by atoms with Crippen LogP contribution in [0.3, 0.4) is 0 Å². The summed E-state index contributed by atoms with van der Waals surface area (Å²) in [7, 11) is 0. The van der Waals surface area contributed by atoms with Crippen LogP contribution in [0.5, 0.6) is 0 Å². The molecule has 0 spiro atoms. The van der Waals surface area contributed by atoms with E-state index in [2.05, 4.69) is 5.32 Å². The molecule has 2 N–H and O–H groups in total. The molecular weight excluding hydrogens is 252 g/mol. The second-order valence-corrected chi connectivity index (χ2v) is 4.85. The van der Waals surface area contributed by atoms with Gasteiger partial charge in [0.05, 0.1) is 31.8 Å². The third-order valence-corrected chi connectivity index (χ3v) is 3.50. The zero-order valence-corrected chi connectivity index (χ0v) is 10.8. The SMILES string of the molecule is O=C(O)C1CCN(C(=O)NCC2COCCO2)CC1. The lowest BCUT2D eigenvalue weighted by atomic mass is 9.97. The molecule has 7 heteroatoms. The second kappa shape index (κ2) is 6.72. The molecule has 0 radical (unpaired) electrons. The summed E-state index contributed by atoms with van der Waals surface area (Å²) in [5.74, 6) is -1.09.